The number of carbonyl (C=O) groups is 1. The van der Waals surface area contributed by atoms with Gasteiger partial charge in [0.05, 0.1) is 12.5 Å². The van der Waals surface area contributed by atoms with Gasteiger partial charge in [-0.2, -0.15) is 5.26 Å². The summed E-state index contributed by atoms with van der Waals surface area (Å²) in [5.41, 5.74) is 1.85. The number of carbonyl (C=O) groups excluding carboxylic acids is 1. The maximum absolute atomic E-state index is 12.6. The maximum Gasteiger partial charge on any atom is 0.228 e. The second kappa shape index (κ2) is 6.30. The van der Waals surface area contributed by atoms with Gasteiger partial charge in [-0.05, 0) is 41.9 Å². The van der Waals surface area contributed by atoms with Crippen LogP contribution in [0.4, 0.5) is 5.69 Å². The molecule has 0 heterocycles. The predicted molar refractivity (Wildman–Crippen MR) is 84.7 cm³/mol. The van der Waals surface area contributed by atoms with Gasteiger partial charge in [0, 0.05) is 11.6 Å². The molecule has 0 radical (unpaired) electrons. The highest BCUT2D eigenvalue weighted by atomic mass is 16.1. The Morgan fingerprint density at radius 2 is 2.05 bits per heavy atom. The quantitative estimate of drug-likeness (QED) is 0.906. The lowest BCUT2D eigenvalue weighted by atomic mass is 9.64. The molecule has 3 nitrogen and oxygen atoms in total. The summed E-state index contributed by atoms with van der Waals surface area (Å²) < 4.78 is 0. The normalized spacial score (nSPS) is 24.1. The first-order valence-corrected chi connectivity index (χ1v) is 7.71. The molecule has 0 unspecified atom stereocenters. The van der Waals surface area contributed by atoms with Crippen molar-refractivity contribution in [3.63, 3.8) is 0 Å². The van der Waals surface area contributed by atoms with E-state index in [0.717, 1.165) is 24.1 Å². The molecule has 1 aromatic carbocycles. The summed E-state index contributed by atoms with van der Waals surface area (Å²) in [4.78, 5) is 12.6. The van der Waals surface area contributed by atoms with Crippen LogP contribution >= 0.6 is 0 Å². The van der Waals surface area contributed by atoms with Gasteiger partial charge in [0.1, 0.15) is 0 Å². The van der Waals surface area contributed by atoms with Crippen molar-refractivity contribution in [1.29, 1.82) is 5.26 Å². The molecule has 21 heavy (non-hydrogen) atoms. The molecule has 112 valence electrons. The summed E-state index contributed by atoms with van der Waals surface area (Å²) in [5.74, 6) is 0.608. The fourth-order valence-corrected chi connectivity index (χ4v) is 3.60. The smallest absolute Gasteiger partial charge is 0.228 e. The lowest BCUT2D eigenvalue weighted by Gasteiger charge is -2.41. The van der Waals surface area contributed by atoms with Gasteiger partial charge in [-0.3, -0.25) is 4.79 Å². The molecule has 2 rings (SSSR count). The summed E-state index contributed by atoms with van der Waals surface area (Å²) in [5, 5.41) is 11.7. The number of hydrogen-bond acceptors (Lipinski definition) is 2. The van der Waals surface area contributed by atoms with Gasteiger partial charge in [0.2, 0.25) is 5.91 Å². The third kappa shape index (κ3) is 3.64. The van der Waals surface area contributed by atoms with Gasteiger partial charge in [-0.15, -0.1) is 0 Å². The van der Waals surface area contributed by atoms with Crippen molar-refractivity contribution in [1.82, 2.24) is 0 Å². The molecule has 0 saturated heterocycles. The number of nitriles is 1. The van der Waals surface area contributed by atoms with Crippen molar-refractivity contribution in [2.45, 2.75) is 46.5 Å². The van der Waals surface area contributed by atoms with Gasteiger partial charge in [0.15, 0.2) is 0 Å². The van der Waals surface area contributed by atoms with E-state index < -0.39 is 0 Å². The van der Waals surface area contributed by atoms with Gasteiger partial charge in [0.25, 0.3) is 0 Å². The Morgan fingerprint density at radius 1 is 1.38 bits per heavy atom. The lowest BCUT2D eigenvalue weighted by Crippen LogP contribution is -2.42. The van der Waals surface area contributed by atoms with E-state index in [1.807, 2.05) is 24.3 Å². The molecule has 1 saturated carbocycles. The van der Waals surface area contributed by atoms with Gasteiger partial charge < -0.3 is 5.32 Å². The molecule has 1 fully saturated rings. The Labute approximate surface area is 127 Å². The van der Waals surface area contributed by atoms with Crippen LogP contribution in [0.2, 0.25) is 0 Å². The number of hydrogen-bond donors (Lipinski definition) is 1. The number of rotatable bonds is 3. The number of nitrogens with zero attached hydrogens (tertiary/aromatic N) is 1. The number of nitrogens with one attached hydrogen (secondary N) is 1. The number of amides is 1. The van der Waals surface area contributed by atoms with Gasteiger partial charge >= 0.3 is 0 Å². The Balaban J connectivity index is 2.08. The van der Waals surface area contributed by atoms with Crippen molar-refractivity contribution in [3.8, 4) is 6.07 Å². The summed E-state index contributed by atoms with van der Waals surface area (Å²) in [7, 11) is 0. The second-order valence-electron chi connectivity index (χ2n) is 6.86. The zero-order chi connectivity index (χ0) is 15.5. The van der Waals surface area contributed by atoms with Crippen LogP contribution in [0.15, 0.2) is 24.3 Å². The molecule has 1 aliphatic carbocycles. The van der Waals surface area contributed by atoms with Crippen LogP contribution in [-0.2, 0) is 11.2 Å². The number of anilines is 1. The average Bonchev–Trinajstić information content (AvgIpc) is 2.40. The molecule has 1 aliphatic rings. The van der Waals surface area contributed by atoms with Crippen LogP contribution in [0.3, 0.4) is 0 Å². The Hall–Kier alpha value is -1.82. The minimum absolute atomic E-state index is 0.0580. The van der Waals surface area contributed by atoms with Crippen LogP contribution in [0.1, 0.15) is 45.6 Å². The zero-order valence-corrected chi connectivity index (χ0v) is 13.1. The van der Waals surface area contributed by atoms with Crippen LogP contribution in [0.25, 0.3) is 0 Å². The standard InChI is InChI=1S/C18H24N2O/c1-13-5-4-11-18(2,3)16(13)17(21)20-15-8-6-14(7-9-15)10-12-19/h6-9,13,16H,4-5,10-11H2,1-3H3,(H,20,21)/t13-,16-/m0/s1. The monoisotopic (exact) mass is 284 g/mol. The molecule has 0 spiro atoms. The third-order valence-electron chi connectivity index (χ3n) is 4.68. The molecule has 0 aromatic heterocycles. The predicted octanol–water partition coefficient (Wildman–Crippen LogP) is 4.15. The summed E-state index contributed by atoms with van der Waals surface area (Å²) in [6.07, 6.45) is 3.85. The van der Waals surface area contributed by atoms with E-state index >= 15 is 0 Å². The molecular weight excluding hydrogens is 260 g/mol. The van der Waals surface area contributed by atoms with E-state index in [2.05, 4.69) is 32.2 Å². The Kier molecular flexibility index (Phi) is 4.67. The molecule has 1 N–H and O–H groups in total. The van der Waals surface area contributed by atoms with Gasteiger partial charge in [-0.1, -0.05) is 39.3 Å². The number of benzene rings is 1. The minimum atomic E-state index is 0.0580. The molecular formula is C18H24N2O. The van der Waals surface area contributed by atoms with Crippen molar-refractivity contribution in [2.75, 3.05) is 5.32 Å². The first kappa shape index (κ1) is 15.6. The molecule has 3 heteroatoms. The second-order valence-corrected chi connectivity index (χ2v) is 6.86. The highest BCUT2D eigenvalue weighted by Gasteiger charge is 2.41. The molecule has 1 amide bonds. The van der Waals surface area contributed by atoms with Crippen LogP contribution < -0.4 is 5.32 Å². The minimum Gasteiger partial charge on any atom is -0.326 e. The largest absolute Gasteiger partial charge is 0.326 e. The van der Waals surface area contributed by atoms with Gasteiger partial charge in [-0.25, -0.2) is 0 Å². The molecule has 1 aromatic rings. The van der Waals surface area contributed by atoms with E-state index in [1.165, 1.54) is 6.42 Å². The summed E-state index contributed by atoms with van der Waals surface area (Å²) >= 11 is 0. The van der Waals surface area contributed by atoms with Crippen molar-refractivity contribution < 1.29 is 4.79 Å². The van der Waals surface area contributed by atoms with E-state index in [4.69, 9.17) is 5.26 Å². The molecule has 0 aliphatic heterocycles. The van der Waals surface area contributed by atoms with E-state index in [9.17, 15) is 4.79 Å². The fourth-order valence-electron chi connectivity index (χ4n) is 3.60. The first-order valence-electron chi connectivity index (χ1n) is 7.71. The van der Waals surface area contributed by atoms with E-state index in [1.54, 1.807) is 0 Å². The van der Waals surface area contributed by atoms with Crippen molar-refractivity contribution in [3.05, 3.63) is 29.8 Å². The average molecular weight is 284 g/mol. The SMILES string of the molecule is C[C@H]1CCCC(C)(C)[C@@H]1C(=O)Nc1ccc(CC#N)cc1. The first-order chi connectivity index (χ1) is 9.94. The fraction of sp³-hybridized carbons (Fsp3) is 0.556. The van der Waals surface area contributed by atoms with Crippen molar-refractivity contribution in [2.24, 2.45) is 17.3 Å². The van der Waals surface area contributed by atoms with Crippen LogP contribution in [0.5, 0.6) is 0 Å². The van der Waals surface area contributed by atoms with Crippen LogP contribution in [-0.4, -0.2) is 5.91 Å². The Morgan fingerprint density at radius 3 is 2.62 bits per heavy atom. The van der Waals surface area contributed by atoms with E-state index in [-0.39, 0.29) is 17.2 Å². The zero-order valence-electron chi connectivity index (χ0n) is 13.1. The van der Waals surface area contributed by atoms with E-state index in [0.29, 0.717) is 12.3 Å². The summed E-state index contributed by atoms with van der Waals surface area (Å²) in [6, 6.07) is 9.68. The lowest BCUT2D eigenvalue weighted by molar-refractivity contribution is -0.127. The molecule has 2 atom stereocenters. The molecule has 0 bridgehead atoms. The maximum atomic E-state index is 12.6. The van der Waals surface area contributed by atoms with Crippen molar-refractivity contribution >= 4 is 11.6 Å². The third-order valence-corrected chi connectivity index (χ3v) is 4.68. The summed E-state index contributed by atoms with van der Waals surface area (Å²) in [6.45, 7) is 6.58. The highest BCUT2D eigenvalue weighted by molar-refractivity contribution is 5.93. The topological polar surface area (TPSA) is 52.9 Å². The highest BCUT2D eigenvalue weighted by Crippen LogP contribution is 2.44. The van der Waals surface area contributed by atoms with Crippen LogP contribution in [0, 0.1) is 28.6 Å². The Bertz CT molecular complexity index is 539.